The average Bonchev–Trinajstić information content (AvgIpc) is 2.82. The second kappa shape index (κ2) is 5.43. The van der Waals surface area contributed by atoms with Crippen molar-refractivity contribution in [2.45, 2.75) is 75.3 Å². The van der Waals surface area contributed by atoms with Gasteiger partial charge in [-0.2, -0.15) is 0 Å². The van der Waals surface area contributed by atoms with E-state index in [1.165, 1.54) is 6.42 Å². The van der Waals surface area contributed by atoms with Crippen molar-refractivity contribution in [2.75, 3.05) is 6.61 Å². The van der Waals surface area contributed by atoms with E-state index in [2.05, 4.69) is 22.9 Å². The molecule has 4 heteroatoms. The lowest BCUT2D eigenvalue weighted by Gasteiger charge is -2.61. The van der Waals surface area contributed by atoms with Crippen LogP contribution in [0, 0.1) is 34.5 Å². The smallest absolute Gasteiger partial charge is 0.119 e. The van der Waals surface area contributed by atoms with E-state index < -0.39 is 4.51 Å². The van der Waals surface area contributed by atoms with Crippen molar-refractivity contribution in [3.63, 3.8) is 0 Å². The molecule has 4 aliphatic rings. The minimum Gasteiger partial charge on any atom is -0.396 e. The number of alkyl halides is 1. The van der Waals surface area contributed by atoms with E-state index >= 15 is 0 Å². The lowest BCUT2D eigenvalue weighted by atomic mass is 9.44. The zero-order valence-corrected chi connectivity index (χ0v) is 15.8. The Morgan fingerprint density at radius 2 is 1.78 bits per heavy atom. The summed E-state index contributed by atoms with van der Waals surface area (Å²) in [4.78, 5) is 0. The molecule has 3 nitrogen and oxygen atoms in total. The summed E-state index contributed by atoms with van der Waals surface area (Å²) in [5, 5.41) is 31.4. The maximum atomic E-state index is 10.5. The predicted molar refractivity (Wildman–Crippen MR) is 93.0 cm³/mol. The fourth-order valence-electron chi connectivity index (χ4n) is 7.28. The molecule has 3 N–H and O–H groups in total. The Kier molecular flexibility index (Phi) is 3.97. The maximum Gasteiger partial charge on any atom is 0.119 e. The van der Waals surface area contributed by atoms with Gasteiger partial charge in [0.05, 0.1) is 6.10 Å². The Balaban J connectivity index is 1.65. The summed E-state index contributed by atoms with van der Waals surface area (Å²) in [6.45, 7) is 2.58. The van der Waals surface area contributed by atoms with Gasteiger partial charge in [0.2, 0.25) is 0 Å². The van der Waals surface area contributed by atoms with Crippen molar-refractivity contribution >= 4 is 15.9 Å². The van der Waals surface area contributed by atoms with Crippen LogP contribution < -0.4 is 0 Å². The van der Waals surface area contributed by atoms with Crippen molar-refractivity contribution < 1.29 is 15.3 Å². The van der Waals surface area contributed by atoms with Crippen LogP contribution in [0.1, 0.15) is 64.7 Å². The van der Waals surface area contributed by atoms with E-state index in [1.54, 1.807) is 0 Å². The molecule has 0 aromatic rings. The maximum absolute atomic E-state index is 10.5. The highest BCUT2D eigenvalue weighted by Gasteiger charge is 2.62. The lowest BCUT2D eigenvalue weighted by molar-refractivity contribution is -0.161. The van der Waals surface area contributed by atoms with E-state index in [0.29, 0.717) is 23.7 Å². The first-order chi connectivity index (χ1) is 10.8. The van der Waals surface area contributed by atoms with Gasteiger partial charge in [-0.3, -0.25) is 0 Å². The third-order valence-electron chi connectivity index (χ3n) is 8.61. The molecule has 8 atom stereocenters. The molecule has 4 rings (SSSR count). The van der Waals surface area contributed by atoms with Gasteiger partial charge in [-0.25, -0.2) is 0 Å². The number of hydrogen-bond acceptors (Lipinski definition) is 3. The summed E-state index contributed by atoms with van der Waals surface area (Å²) < 4.78 is -0.726. The molecule has 4 aliphatic carbocycles. The zero-order chi connectivity index (χ0) is 16.5. The first-order valence-corrected chi connectivity index (χ1v) is 10.3. The SMILES string of the molecule is C[C@]12CC[C@H]3[C@@H](CCC4C[C@](O)(Br)CC[C@@]43CO)[C@@H]1CC[C@@H]2O. The van der Waals surface area contributed by atoms with Gasteiger partial charge in [-0.1, -0.05) is 22.9 Å². The predicted octanol–water partition coefficient (Wildman–Crippen LogP) is 3.45. The van der Waals surface area contributed by atoms with E-state index in [-0.39, 0.29) is 23.5 Å². The largest absolute Gasteiger partial charge is 0.396 e. The van der Waals surface area contributed by atoms with E-state index in [9.17, 15) is 15.3 Å². The van der Waals surface area contributed by atoms with Crippen molar-refractivity contribution in [3.8, 4) is 0 Å². The molecular weight excluding hydrogens is 356 g/mol. The van der Waals surface area contributed by atoms with Gasteiger partial charge in [0, 0.05) is 6.61 Å². The Hall–Kier alpha value is 0.360. The van der Waals surface area contributed by atoms with Gasteiger partial charge >= 0.3 is 0 Å². The van der Waals surface area contributed by atoms with Gasteiger partial charge in [0.15, 0.2) is 0 Å². The molecule has 1 unspecified atom stereocenters. The molecule has 0 bridgehead atoms. The van der Waals surface area contributed by atoms with Crippen LogP contribution in [0.15, 0.2) is 0 Å². The van der Waals surface area contributed by atoms with Crippen LogP contribution in [-0.4, -0.2) is 32.5 Å². The van der Waals surface area contributed by atoms with Crippen LogP contribution in [0.5, 0.6) is 0 Å². The molecule has 0 heterocycles. The Bertz CT molecular complexity index is 481. The number of aliphatic hydroxyl groups excluding tert-OH is 2. The summed E-state index contributed by atoms with van der Waals surface area (Å²) in [6.07, 6.45) is 9.04. The molecule has 0 amide bonds. The van der Waals surface area contributed by atoms with Gasteiger partial charge in [0.25, 0.3) is 0 Å². The molecule has 0 saturated heterocycles. The van der Waals surface area contributed by atoms with Crippen LogP contribution in [-0.2, 0) is 0 Å². The fourth-order valence-corrected chi connectivity index (χ4v) is 7.87. The van der Waals surface area contributed by atoms with E-state index in [4.69, 9.17) is 0 Å². The molecule has 0 aromatic heterocycles. The van der Waals surface area contributed by atoms with Crippen LogP contribution in [0.2, 0.25) is 0 Å². The molecule has 23 heavy (non-hydrogen) atoms. The minimum atomic E-state index is -0.726. The fraction of sp³-hybridized carbons (Fsp3) is 1.00. The average molecular weight is 387 g/mol. The van der Waals surface area contributed by atoms with Gasteiger partial charge in [-0.05, 0) is 92.3 Å². The van der Waals surface area contributed by atoms with Crippen LogP contribution in [0.25, 0.3) is 0 Å². The molecule has 4 fully saturated rings. The molecule has 0 aliphatic heterocycles. The first-order valence-electron chi connectivity index (χ1n) is 9.53. The minimum absolute atomic E-state index is 0.0117. The quantitative estimate of drug-likeness (QED) is 0.604. The topological polar surface area (TPSA) is 60.7 Å². The summed E-state index contributed by atoms with van der Waals surface area (Å²) >= 11 is 3.50. The van der Waals surface area contributed by atoms with Crippen LogP contribution in [0.4, 0.5) is 0 Å². The van der Waals surface area contributed by atoms with E-state index in [0.717, 1.165) is 51.4 Å². The molecule has 132 valence electrons. The third-order valence-corrected chi connectivity index (χ3v) is 9.33. The summed E-state index contributed by atoms with van der Waals surface area (Å²) in [5.41, 5.74) is 0.118. The molecule has 0 spiro atoms. The number of hydrogen-bond donors (Lipinski definition) is 3. The molecule has 4 saturated carbocycles. The number of rotatable bonds is 1. The van der Waals surface area contributed by atoms with Crippen LogP contribution in [0.3, 0.4) is 0 Å². The molecule has 0 radical (unpaired) electrons. The highest BCUT2D eigenvalue weighted by Crippen LogP contribution is 2.67. The van der Waals surface area contributed by atoms with Gasteiger partial charge < -0.3 is 15.3 Å². The lowest BCUT2D eigenvalue weighted by Crippen LogP contribution is -2.58. The van der Waals surface area contributed by atoms with Crippen molar-refractivity contribution in [2.24, 2.45) is 34.5 Å². The van der Waals surface area contributed by atoms with Gasteiger partial charge in [-0.15, -0.1) is 0 Å². The van der Waals surface area contributed by atoms with Gasteiger partial charge in [0.1, 0.15) is 4.51 Å². The number of aliphatic hydroxyl groups is 3. The van der Waals surface area contributed by atoms with Crippen molar-refractivity contribution in [1.82, 2.24) is 0 Å². The first kappa shape index (κ1) is 16.8. The summed E-state index contributed by atoms with van der Waals surface area (Å²) in [7, 11) is 0. The van der Waals surface area contributed by atoms with Crippen molar-refractivity contribution in [1.29, 1.82) is 0 Å². The Labute approximate surface area is 148 Å². The second-order valence-electron chi connectivity index (χ2n) is 9.30. The Morgan fingerprint density at radius 1 is 1.00 bits per heavy atom. The Morgan fingerprint density at radius 3 is 2.52 bits per heavy atom. The highest BCUT2D eigenvalue weighted by atomic mass is 79.9. The number of halogens is 1. The monoisotopic (exact) mass is 386 g/mol. The van der Waals surface area contributed by atoms with Crippen molar-refractivity contribution in [3.05, 3.63) is 0 Å². The zero-order valence-electron chi connectivity index (χ0n) is 14.2. The summed E-state index contributed by atoms with van der Waals surface area (Å²) in [5.74, 6) is 2.31. The molecular formula is C19H31BrO3. The van der Waals surface area contributed by atoms with Crippen LogP contribution >= 0.6 is 15.9 Å². The third kappa shape index (κ3) is 2.31. The summed E-state index contributed by atoms with van der Waals surface area (Å²) in [6, 6.07) is 0. The number of fused-ring (bicyclic) bond motifs is 5. The highest BCUT2D eigenvalue weighted by molar-refractivity contribution is 9.10. The molecule has 0 aromatic carbocycles. The van der Waals surface area contributed by atoms with E-state index in [1.807, 2.05) is 0 Å². The normalized spacial score (nSPS) is 59.1. The standard InChI is InChI=1S/C19H31BrO3/c1-17-7-6-15-13(14(17)4-5-16(17)22)3-2-12-10-19(20,23)9-8-18(12,15)11-21/h12-16,21-23H,2-11H2,1H3/t12?,13-,14-,15-,16-,17-,18+,19-/m0/s1. The second-order valence-corrected chi connectivity index (χ2v) is 10.8.